The molecule has 10 nitrogen and oxygen atoms in total. The first-order valence-electron chi connectivity index (χ1n) is 7.81. The van der Waals surface area contributed by atoms with Crippen LogP contribution in [-0.4, -0.2) is 43.7 Å². The van der Waals surface area contributed by atoms with Crippen LogP contribution < -0.4 is 5.32 Å². The Labute approximate surface area is 159 Å². The summed E-state index contributed by atoms with van der Waals surface area (Å²) < 4.78 is 30.0. The molecule has 0 bridgehead atoms. The smallest absolute Gasteiger partial charge is 0.405 e. The Hall–Kier alpha value is -3.47. The number of hydrogen-bond acceptors (Lipinski definition) is 7. The van der Waals surface area contributed by atoms with E-state index >= 15 is 0 Å². The number of benzene rings is 2. The fourth-order valence-electron chi connectivity index (χ4n) is 2.51. The Bertz CT molecular complexity index is 1010. The molecule has 1 atom stereocenters. The molecule has 0 unspecified atom stereocenters. The van der Waals surface area contributed by atoms with Crippen LogP contribution in [0, 0.1) is 10.1 Å². The van der Waals surface area contributed by atoms with Crippen LogP contribution >= 0.6 is 0 Å². The van der Waals surface area contributed by atoms with Crippen LogP contribution in [0.15, 0.2) is 58.3 Å². The number of carboxylic acid groups (broad SMARTS) is 1. The summed E-state index contributed by atoms with van der Waals surface area (Å²) in [5.41, 5.74) is -0.584. The van der Waals surface area contributed by atoms with E-state index in [9.17, 15) is 28.1 Å². The SMILES string of the molecule is COC(=O)[C@H](Cc1cc(S(=O)(=O)c2ccccc2)ccc1[N+](=O)[O-])NC(=O)O. The molecule has 148 valence electrons. The number of esters is 1. The molecule has 0 aromatic heterocycles. The van der Waals surface area contributed by atoms with Crippen molar-refractivity contribution in [2.24, 2.45) is 0 Å². The number of ether oxygens (including phenoxy) is 1. The largest absolute Gasteiger partial charge is 0.467 e. The van der Waals surface area contributed by atoms with Crippen LogP contribution in [0.2, 0.25) is 0 Å². The van der Waals surface area contributed by atoms with Crippen molar-refractivity contribution >= 4 is 27.6 Å². The Balaban J connectivity index is 2.53. The maximum atomic E-state index is 12.7. The second-order valence-electron chi connectivity index (χ2n) is 5.59. The Morgan fingerprint density at radius 3 is 2.36 bits per heavy atom. The van der Waals surface area contributed by atoms with Crippen molar-refractivity contribution in [1.29, 1.82) is 0 Å². The predicted molar refractivity (Wildman–Crippen MR) is 95.7 cm³/mol. The number of amides is 1. The standard InChI is InChI=1S/C17H16N2O8S/c1-27-16(20)14(18-17(21)22)10-11-9-13(7-8-15(11)19(23)24)28(25,26)12-5-3-2-4-6-12/h2-9,14,18H,10H2,1H3,(H,21,22)/t14-/m0/s1. The van der Waals surface area contributed by atoms with E-state index in [1.54, 1.807) is 6.07 Å². The number of nitro groups is 1. The first-order chi connectivity index (χ1) is 13.2. The number of nitrogens with zero attached hydrogens (tertiary/aromatic N) is 1. The Morgan fingerprint density at radius 2 is 1.82 bits per heavy atom. The number of carbonyl (C=O) groups excluding carboxylic acids is 1. The molecule has 2 aromatic carbocycles. The number of carbonyl (C=O) groups is 2. The van der Waals surface area contributed by atoms with Gasteiger partial charge in [-0.25, -0.2) is 18.0 Å². The molecular formula is C17H16N2O8S. The molecule has 2 rings (SSSR count). The maximum absolute atomic E-state index is 12.7. The van der Waals surface area contributed by atoms with E-state index < -0.39 is 45.0 Å². The minimum atomic E-state index is -3.96. The minimum Gasteiger partial charge on any atom is -0.467 e. The lowest BCUT2D eigenvalue weighted by atomic mass is 10.0. The van der Waals surface area contributed by atoms with Crippen molar-refractivity contribution in [2.45, 2.75) is 22.3 Å². The monoisotopic (exact) mass is 408 g/mol. The highest BCUT2D eigenvalue weighted by atomic mass is 32.2. The molecule has 1 amide bonds. The topological polar surface area (TPSA) is 153 Å². The van der Waals surface area contributed by atoms with Crippen molar-refractivity contribution in [3.8, 4) is 0 Å². The van der Waals surface area contributed by atoms with Crippen molar-refractivity contribution in [2.75, 3.05) is 7.11 Å². The number of methoxy groups -OCH3 is 1. The third-order valence-electron chi connectivity index (χ3n) is 3.82. The van der Waals surface area contributed by atoms with Gasteiger partial charge < -0.3 is 15.2 Å². The van der Waals surface area contributed by atoms with Gasteiger partial charge in [-0.3, -0.25) is 10.1 Å². The zero-order chi connectivity index (χ0) is 20.9. The molecule has 0 aliphatic carbocycles. The van der Waals surface area contributed by atoms with Gasteiger partial charge in [0.05, 0.1) is 21.8 Å². The van der Waals surface area contributed by atoms with Gasteiger partial charge in [-0.2, -0.15) is 0 Å². The molecule has 28 heavy (non-hydrogen) atoms. The van der Waals surface area contributed by atoms with Crippen LogP contribution in [0.1, 0.15) is 5.56 Å². The highest BCUT2D eigenvalue weighted by molar-refractivity contribution is 7.91. The second kappa shape index (κ2) is 8.48. The van der Waals surface area contributed by atoms with E-state index in [1.165, 1.54) is 24.3 Å². The molecule has 0 heterocycles. The number of sulfone groups is 1. The fraction of sp³-hybridized carbons (Fsp3) is 0.176. The second-order valence-corrected chi connectivity index (χ2v) is 7.54. The van der Waals surface area contributed by atoms with Crippen LogP contribution in [0.5, 0.6) is 0 Å². The van der Waals surface area contributed by atoms with Gasteiger partial charge in [0.25, 0.3) is 5.69 Å². The molecule has 0 radical (unpaired) electrons. The van der Waals surface area contributed by atoms with Crippen molar-refractivity contribution in [3.63, 3.8) is 0 Å². The zero-order valence-corrected chi connectivity index (χ0v) is 15.4. The summed E-state index contributed by atoms with van der Waals surface area (Å²) in [6, 6.07) is 9.14. The zero-order valence-electron chi connectivity index (χ0n) is 14.6. The first-order valence-corrected chi connectivity index (χ1v) is 9.30. The van der Waals surface area contributed by atoms with Gasteiger partial charge in [-0.1, -0.05) is 18.2 Å². The number of nitrogens with one attached hydrogen (secondary N) is 1. The van der Waals surface area contributed by atoms with Crippen molar-refractivity contribution in [1.82, 2.24) is 5.32 Å². The maximum Gasteiger partial charge on any atom is 0.405 e. The van der Waals surface area contributed by atoms with E-state index in [2.05, 4.69) is 4.74 Å². The predicted octanol–water partition coefficient (Wildman–Crippen LogP) is 1.78. The molecular weight excluding hydrogens is 392 g/mol. The lowest BCUT2D eigenvalue weighted by Crippen LogP contribution is -2.42. The molecule has 0 aliphatic heterocycles. The number of rotatable bonds is 7. The molecule has 0 fully saturated rings. The molecule has 0 saturated carbocycles. The van der Waals surface area contributed by atoms with E-state index in [4.69, 9.17) is 5.11 Å². The normalized spacial score (nSPS) is 12.0. The van der Waals surface area contributed by atoms with Gasteiger partial charge >= 0.3 is 12.1 Å². The summed E-state index contributed by atoms with van der Waals surface area (Å²) in [5, 5.41) is 22.1. The van der Waals surface area contributed by atoms with E-state index in [-0.39, 0.29) is 15.4 Å². The molecule has 11 heteroatoms. The van der Waals surface area contributed by atoms with E-state index in [1.807, 2.05) is 5.32 Å². The molecule has 0 spiro atoms. The van der Waals surface area contributed by atoms with E-state index in [0.717, 1.165) is 25.3 Å². The average Bonchev–Trinajstić information content (AvgIpc) is 2.66. The van der Waals surface area contributed by atoms with Crippen LogP contribution in [-0.2, 0) is 25.8 Å². The van der Waals surface area contributed by atoms with E-state index in [0.29, 0.717) is 0 Å². The fourth-order valence-corrected chi connectivity index (χ4v) is 3.84. The summed E-state index contributed by atoms with van der Waals surface area (Å²) in [6.45, 7) is 0. The third kappa shape index (κ3) is 4.62. The van der Waals surface area contributed by atoms with Crippen molar-refractivity contribution in [3.05, 3.63) is 64.2 Å². The summed E-state index contributed by atoms with van der Waals surface area (Å²) in [5.74, 6) is -0.965. The Morgan fingerprint density at radius 1 is 1.18 bits per heavy atom. The number of nitro benzene ring substituents is 1. The third-order valence-corrected chi connectivity index (χ3v) is 5.59. The lowest BCUT2D eigenvalue weighted by molar-refractivity contribution is -0.385. The quantitative estimate of drug-likeness (QED) is 0.399. The van der Waals surface area contributed by atoms with Crippen LogP contribution in [0.3, 0.4) is 0 Å². The average molecular weight is 408 g/mol. The summed E-state index contributed by atoms with van der Waals surface area (Å²) in [6.07, 6.45) is -2.00. The molecule has 2 aromatic rings. The van der Waals surface area contributed by atoms with Gasteiger partial charge in [0.2, 0.25) is 9.84 Å². The Kier molecular flexibility index (Phi) is 6.31. The summed E-state index contributed by atoms with van der Waals surface area (Å²) in [4.78, 5) is 33.0. The molecule has 2 N–H and O–H groups in total. The van der Waals surface area contributed by atoms with Crippen molar-refractivity contribution < 1.29 is 32.8 Å². The van der Waals surface area contributed by atoms with Gasteiger partial charge in [-0.15, -0.1) is 0 Å². The highest BCUT2D eigenvalue weighted by Crippen LogP contribution is 2.27. The van der Waals surface area contributed by atoms with Gasteiger partial charge in [0.1, 0.15) is 6.04 Å². The van der Waals surface area contributed by atoms with Crippen LogP contribution in [0.25, 0.3) is 0 Å². The molecule has 0 saturated heterocycles. The lowest BCUT2D eigenvalue weighted by Gasteiger charge is -2.15. The summed E-state index contributed by atoms with van der Waals surface area (Å²) in [7, 11) is -2.93. The van der Waals surface area contributed by atoms with Gasteiger partial charge in [-0.05, 0) is 24.3 Å². The minimum absolute atomic E-state index is 0.0111. The van der Waals surface area contributed by atoms with Crippen LogP contribution in [0.4, 0.5) is 10.5 Å². The molecule has 0 aliphatic rings. The summed E-state index contributed by atoms with van der Waals surface area (Å²) >= 11 is 0. The van der Waals surface area contributed by atoms with Gasteiger partial charge in [0.15, 0.2) is 0 Å². The van der Waals surface area contributed by atoms with Gasteiger partial charge in [0, 0.05) is 18.1 Å². The highest BCUT2D eigenvalue weighted by Gasteiger charge is 2.28. The first kappa shape index (κ1) is 20.8. The number of hydrogen-bond donors (Lipinski definition) is 2.